The highest BCUT2D eigenvalue weighted by Gasteiger charge is 2.22. The van der Waals surface area contributed by atoms with E-state index < -0.39 is 0 Å². The first-order valence-electron chi connectivity index (χ1n) is 5.13. The fourth-order valence-corrected chi connectivity index (χ4v) is 1.62. The second-order valence-corrected chi connectivity index (χ2v) is 3.77. The lowest BCUT2D eigenvalue weighted by Gasteiger charge is -2.20. The maximum absolute atomic E-state index is 13.5. The standard InChI is InChI=1S/C12H16FNO2/c1-8(14)10(7-12(15)16-2)9-5-3-4-6-11(9)13/h3-6,8,10H,7,14H2,1-2H3. The molecule has 2 atom stereocenters. The zero-order chi connectivity index (χ0) is 12.1. The van der Waals surface area contributed by atoms with E-state index in [0.717, 1.165) is 0 Å². The molecule has 0 aliphatic rings. The molecule has 88 valence electrons. The third-order valence-electron chi connectivity index (χ3n) is 2.55. The molecule has 0 fully saturated rings. The highest BCUT2D eigenvalue weighted by Crippen LogP contribution is 2.25. The minimum Gasteiger partial charge on any atom is -0.469 e. The Hall–Kier alpha value is -1.42. The van der Waals surface area contributed by atoms with Crippen LogP contribution in [0, 0.1) is 5.82 Å². The van der Waals surface area contributed by atoms with Crippen molar-refractivity contribution < 1.29 is 13.9 Å². The summed E-state index contributed by atoms with van der Waals surface area (Å²) in [7, 11) is 1.31. The highest BCUT2D eigenvalue weighted by molar-refractivity contribution is 5.70. The number of methoxy groups -OCH3 is 1. The first-order valence-corrected chi connectivity index (χ1v) is 5.13. The van der Waals surface area contributed by atoms with Crippen molar-refractivity contribution in [1.82, 2.24) is 0 Å². The number of hydrogen-bond acceptors (Lipinski definition) is 3. The number of nitrogens with two attached hydrogens (primary N) is 1. The van der Waals surface area contributed by atoms with Crippen LogP contribution in [0.15, 0.2) is 24.3 Å². The van der Waals surface area contributed by atoms with E-state index >= 15 is 0 Å². The highest BCUT2D eigenvalue weighted by atomic mass is 19.1. The van der Waals surface area contributed by atoms with Gasteiger partial charge in [-0.1, -0.05) is 18.2 Å². The average molecular weight is 225 g/mol. The number of esters is 1. The lowest BCUT2D eigenvalue weighted by molar-refractivity contribution is -0.141. The molecule has 0 aliphatic carbocycles. The average Bonchev–Trinajstić information content (AvgIpc) is 2.26. The van der Waals surface area contributed by atoms with E-state index in [9.17, 15) is 9.18 Å². The van der Waals surface area contributed by atoms with Crippen LogP contribution < -0.4 is 5.73 Å². The van der Waals surface area contributed by atoms with Gasteiger partial charge in [0.15, 0.2) is 0 Å². The number of benzene rings is 1. The van der Waals surface area contributed by atoms with E-state index in [4.69, 9.17) is 5.73 Å². The van der Waals surface area contributed by atoms with Crippen LogP contribution in [0.25, 0.3) is 0 Å². The molecular weight excluding hydrogens is 209 g/mol. The first kappa shape index (κ1) is 12.6. The number of rotatable bonds is 4. The Morgan fingerprint density at radius 3 is 2.62 bits per heavy atom. The summed E-state index contributed by atoms with van der Waals surface area (Å²) >= 11 is 0. The summed E-state index contributed by atoms with van der Waals surface area (Å²) in [5.41, 5.74) is 6.23. The molecular formula is C12H16FNO2. The van der Waals surface area contributed by atoms with Crippen LogP contribution in [0.5, 0.6) is 0 Å². The molecule has 0 spiro atoms. The molecule has 16 heavy (non-hydrogen) atoms. The second-order valence-electron chi connectivity index (χ2n) is 3.77. The van der Waals surface area contributed by atoms with Gasteiger partial charge in [0.05, 0.1) is 13.5 Å². The predicted molar refractivity (Wildman–Crippen MR) is 59.4 cm³/mol. The maximum Gasteiger partial charge on any atom is 0.306 e. The molecule has 0 bridgehead atoms. The molecule has 1 aromatic carbocycles. The van der Waals surface area contributed by atoms with Gasteiger partial charge in [-0.15, -0.1) is 0 Å². The Morgan fingerprint density at radius 1 is 1.50 bits per heavy atom. The molecule has 0 aromatic heterocycles. The van der Waals surface area contributed by atoms with Gasteiger partial charge in [-0.05, 0) is 18.6 Å². The SMILES string of the molecule is COC(=O)CC(c1ccccc1F)C(C)N. The van der Waals surface area contributed by atoms with Crippen LogP contribution in [0.4, 0.5) is 4.39 Å². The lowest BCUT2D eigenvalue weighted by Crippen LogP contribution is -2.28. The number of halogens is 1. The van der Waals surface area contributed by atoms with Crippen molar-refractivity contribution in [1.29, 1.82) is 0 Å². The van der Waals surface area contributed by atoms with Crippen LogP contribution in [0.1, 0.15) is 24.8 Å². The van der Waals surface area contributed by atoms with Gasteiger partial charge in [-0.25, -0.2) is 4.39 Å². The molecule has 2 N–H and O–H groups in total. The number of ether oxygens (including phenoxy) is 1. The van der Waals surface area contributed by atoms with Crippen molar-refractivity contribution in [3.63, 3.8) is 0 Å². The number of carbonyl (C=O) groups excluding carboxylic acids is 1. The van der Waals surface area contributed by atoms with Gasteiger partial charge in [0.2, 0.25) is 0 Å². The van der Waals surface area contributed by atoms with E-state index in [2.05, 4.69) is 4.74 Å². The summed E-state index contributed by atoms with van der Waals surface area (Å²) in [6, 6.07) is 6.03. The minimum atomic E-state index is -0.384. The number of hydrogen-bond donors (Lipinski definition) is 1. The van der Waals surface area contributed by atoms with Gasteiger partial charge < -0.3 is 10.5 Å². The Morgan fingerprint density at radius 2 is 2.12 bits per heavy atom. The van der Waals surface area contributed by atoms with E-state index in [-0.39, 0.29) is 30.2 Å². The quantitative estimate of drug-likeness (QED) is 0.795. The Bertz CT molecular complexity index is 366. The monoisotopic (exact) mass is 225 g/mol. The molecule has 1 aromatic rings. The Balaban J connectivity index is 2.94. The third-order valence-corrected chi connectivity index (χ3v) is 2.55. The largest absolute Gasteiger partial charge is 0.469 e. The molecule has 4 heteroatoms. The van der Waals surface area contributed by atoms with Crippen LogP contribution in [-0.4, -0.2) is 19.1 Å². The van der Waals surface area contributed by atoms with Crippen LogP contribution in [0.3, 0.4) is 0 Å². The van der Waals surface area contributed by atoms with Crippen molar-refractivity contribution in [2.45, 2.75) is 25.3 Å². The van der Waals surface area contributed by atoms with Gasteiger partial charge in [0.1, 0.15) is 5.82 Å². The molecule has 0 aliphatic heterocycles. The molecule has 0 radical (unpaired) electrons. The third kappa shape index (κ3) is 3.03. The van der Waals surface area contributed by atoms with Gasteiger partial charge in [0, 0.05) is 12.0 Å². The van der Waals surface area contributed by atoms with E-state index in [0.29, 0.717) is 5.56 Å². The second kappa shape index (κ2) is 5.61. The zero-order valence-corrected chi connectivity index (χ0v) is 9.44. The summed E-state index contributed by atoms with van der Waals surface area (Å²) in [6.07, 6.45) is 0.0924. The fourth-order valence-electron chi connectivity index (χ4n) is 1.62. The van der Waals surface area contributed by atoms with Crippen LogP contribution >= 0.6 is 0 Å². The van der Waals surface area contributed by atoms with E-state index in [1.54, 1.807) is 25.1 Å². The van der Waals surface area contributed by atoms with Gasteiger partial charge in [-0.3, -0.25) is 4.79 Å². The normalized spacial score (nSPS) is 14.2. The summed E-state index contributed by atoms with van der Waals surface area (Å²) < 4.78 is 18.1. The van der Waals surface area contributed by atoms with Crippen molar-refractivity contribution in [2.75, 3.05) is 7.11 Å². The molecule has 0 amide bonds. The Kier molecular flexibility index (Phi) is 4.43. The molecule has 0 saturated carbocycles. The predicted octanol–water partition coefficient (Wildman–Crippen LogP) is 1.82. The molecule has 3 nitrogen and oxygen atoms in total. The van der Waals surface area contributed by atoms with Crippen LogP contribution in [-0.2, 0) is 9.53 Å². The molecule has 2 unspecified atom stereocenters. The van der Waals surface area contributed by atoms with Crippen molar-refractivity contribution in [3.05, 3.63) is 35.6 Å². The summed E-state index contributed by atoms with van der Waals surface area (Å²) in [6.45, 7) is 1.75. The van der Waals surface area contributed by atoms with Gasteiger partial charge in [-0.2, -0.15) is 0 Å². The van der Waals surface area contributed by atoms with E-state index in [1.165, 1.54) is 13.2 Å². The fraction of sp³-hybridized carbons (Fsp3) is 0.417. The maximum atomic E-state index is 13.5. The van der Waals surface area contributed by atoms with Crippen LogP contribution in [0.2, 0.25) is 0 Å². The van der Waals surface area contributed by atoms with Crippen molar-refractivity contribution in [3.8, 4) is 0 Å². The topological polar surface area (TPSA) is 52.3 Å². The zero-order valence-electron chi connectivity index (χ0n) is 9.44. The molecule has 0 heterocycles. The minimum absolute atomic E-state index is 0.0924. The summed E-state index contributed by atoms with van der Waals surface area (Å²) in [4.78, 5) is 11.2. The lowest BCUT2D eigenvalue weighted by atomic mass is 9.89. The van der Waals surface area contributed by atoms with E-state index in [1.807, 2.05) is 0 Å². The first-order chi connectivity index (χ1) is 7.56. The van der Waals surface area contributed by atoms with Gasteiger partial charge >= 0.3 is 5.97 Å². The van der Waals surface area contributed by atoms with Gasteiger partial charge in [0.25, 0.3) is 0 Å². The van der Waals surface area contributed by atoms with Crippen molar-refractivity contribution >= 4 is 5.97 Å². The smallest absolute Gasteiger partial charge is 0.306 e. The summed E-state index contributed by atoms with van der Waals surface area (Å²) in [5, 5.41) is 0. The number of carbonyl (C=O) groups is 1. The molecule has 0 saturated heterocycles. The molecule has 1 rings (SSSR count). The summed E-state index contributed by atoms with van der Waals surface area (Å²) in [5.74, 6) is -1.08. The Labute approximate surface area is 94.4 Å². The van der Waals surface area contributed by atoms with Crippen molar-refractivity contribution in [2.24, 2.45) is 5.73 Å².